The number of nitrogens with zero attached hydrogens (tertiary/aromatic N) is 5. The number of anilines is 1. The summed E-state index contributed by atoms with van der Waals surface area (Å²) in [6.07, 6.45) is 5.29. The van der Waals surface area contributed by atoms with E-state index in [1.165, 1.54) is 11.0 Å². The first kappa shape index (κ1) is 19.8. The fraction of sp³-hybridized carbons (Fsp3) is 0.381. The van der Waals surface area contributed by atoms with E-state index < -0.39 is 0 Å². The highest BCUT2D eigenvalue weighted by Gasteiger charge is 2.25. The smallest absolute Gasteiger partial charge is 0.248 e. The van der Waals surface area contributed by atoms with Crippen LogP contribution in [0, 0.1) is 5.92 Å². The van der Waals surface area contributed by atoms with E-state index in [2.05, 4.69) is 20.4 Å². The number of carbonyl (C=O) groups excluding carboxylic acids is 2. The van der Waals surface area contributed by atoms with Gasteiger partial charge in [0.05, 0.1) is 12.1 Å². The van der Waals surface area contributed by atoms with Crippen molar-refractivity contribution in [3.63, 3.8) is 0 Å². The second-order valence-corrected chi connectivity index (χ2v) is 7.51. The van der Waals surface area contributed by atoms with Crippen LogP contribution in [0.5, 0.6) is 0 Å². The van der Waals surface area contributed by atoms with Crippen molar-refractivity contribution in [2.24, 2.45) is 13.0 Å². The van der Waals surface area contributed by atoms with Crippen LogP contribution in [0.3, 0.4) is 0 Å². The van der Waals surface area contributed by atoms with Crippen LogP contribution in [-0.4, -0.2) is 49.6 Å². The number of aryl methyl sites for hydroxylation is 1. The van der Waals surface area contributed by atoms with Gasteiger partial charge in [-0.2, -0.15) is 0 Å². The van der Waals surface area contributed by atoms with Crippen molar-refractivity contribution in [1.29, 1.82) is 0 Å². The first-order valence-electron chi connectivity index (χ1n) is 10.00. The van der Waals surface area contributed by atoms with Gasteiger partial charge >= 0.3 is 0 Å². The molecule has 3 aromatic rings. The minimum Gasteiger partial charge on any atom is -0.444 e. The number of hydrogen-bond donors (Lipinski definition) is 1. The third-order valence-corrected chi connectivity index (χ3v) is 5.20. The van der Waals surface area contributed by atoms with Crippen LogP contribution in [0.1, 0.15) is 25.0 Å². The lowest BCUT2D eigenvalue weighted by Gasteiger charge is -2.31. The number of aromatic nitrogens is 4. The van der Waals surface area contributed by atoms with Crippen LogP contribution < -0.4 is 5.32 Å². The molecule has 1 saturated heterocycles. The third kappa shape index (κ3) is 4.91. The highest BCUT2D eigenvalue weighted by atomic mass is 16.3. The zero-order valence-electron chi connectivity index (χ0n) is 16.8. The summed E-state index contributed by atoms with van der Waals surface area (Å²) in [6, 6.07) is 9.60. The predicted molar refractivity (Wildman–Crippen MR) is 109 cm³/mol. The van der Waals surface area contributed by atoms with Gasteiger partial charge in [-0.1, -0.05) is 18.2 Å². The van der Waals surface area contributed by atoms with Gasteiger partial charge < -0.3 is 9.32 Å². The summed E-state index contributed by atoms with van der Waals surface area (Å²) in [5.41, 5.74) is 1.51. The molecule has 1 fully saturated rings. The Bertz CT molecular complexity index is 1000. The van der Waals surface area contributed by atoms with Crippen LogP contribution in [0.25, 0.3) is 11.5 Å². The van der Waals surface area contributed by atoms with Gasteiger partial charge in [0.15, 0.2) is 0 Å². The summed E-state index contributed by atoms with van der Waals surface area (Å²) in [4.78, 5) is 35.1. The van der Waals surface area contributed by atoms with E-state index in [1.54, 1.807) is 13.3 Å². The Morgan fingerprint density at radius 2 is 1.97 bits per heavy atom. The van der Waals surface area contributed by atoms with E-state index in [1.807, 2.05) is 35.2 Å². The second kappa shape index (κ2) is 8.89. The fourth-order valence-corrected chi connectivity index (χ4v) is 3.59. The SMILES string of the molecule is Cn1cnc(NC(=O)CC2CCN(C(=O)Cc3coc(-c4ccccc4)n3)CC2)n1. The molecule has 0 unspecified atom stereocenters. The van der Waals surface area contributed by atoms with E-state index in [0.29, 0.717) is 37.0 Å². The molecular formula is C21H24N6O3. The highest BCUT2D eigenvalue weighted by Crippen LogP contribution is 2.22. The summed E-state index contributed by atoms with van der Waals surface area (Å²) < 4.78 is 7.05. The van der Waals surface area contributed by atoms with Crippen molar-refractivity contribution >= 4 is 17.8 Å². The minimum absolute atomic E-state index is 0.0310. The molecule has 1 aliphatic heterocycles. The summed E-state index contributed by atoms with van der Waals surface area (Å²) >= 11 is 0. The molecule has 0 radical (unpaired) electrons. The number of rotatable bonds is 6. The Morgan fingerprint density at radius 1 is 1.20 bits per heavy atom. The molecule has 2 aromatic heterocycles. The maximum Gasteiger partial charge on any atom is 0.248 e. The Hall–Kier alpha value is -3.49. The van der Waals surface area contributed by atoms with Crippen molar-refractivity contribution in [1.82, 2.24) is 24.6 Å². The van der Waals surface area contributed by atoms with E-state index in [9.17, 15) is 9.59 Å². The number of benzene rings is 1. The number of oxazole rings is 1. The molecule has 4 rings (SSSR count). The molecule has 1 N–H and O–H groups in total. The second-order valence-electron chi connectivity index (χ2n) is 7.51. The van der Waals surface area contributed by atoms with Crippen molar-refractivity contribution in [2.75, 3.05) is 18.4 Å². The molecule has 156 valence electrons. The van der Waals surface area contributed by atoms with E-state index >= 15 is 0 Å². The van der Waals surface area contributed by atoms with Crippen molar-refractivity contribution in [2.45, 2.75) is 25.7 Å². The largest absolute Gasteiger partial charge is 0.444 e. The van der Waals surface area contributed by atoms with Crippen molar-refractivity contribution in [3.05, 3.63) is 48.6 Å². The Morgan fingerprint density at radius 3 is 2.67 bits per heavy atom. The van der Waals surface area contributed by atoms with Gasteiger partial charge in [-0.25, -0.2) is 9.97 Å². The summed E-state index contributed by atoms with van der Waals surface area (Å²) in [5.74, 6) is 1.02. The average Bonchev–Trinajstić information content (AvgIpc) is 3.38. The molecule has 9 heteroatoms. The van der Waals surface area contributed by atoms with Gasteiger partial charge in [0.1, 0.15) is 12.6 Å². The van der Waals surface area contributed by atoms with E-state index in [-0.39, 0.29) is 24.2 Å². The first-order valence-corrected chi connectivity index (χ1v) is 10.00. The third-order valence-electron chi connectivity index (χ3n) is 5.20. The number of likely N-dealkylation sites (tertiary alicyclic amines) is 1. The summed E-state index contributed by atoms with van der Waals surface area (Å²) in [7, 11) is 1.75. The predicted octanol–water partition coefficient (Wildman–Crippen LogP) is 2.28. The number of hydrogen-bond acceptors (Lipinski definition) is 6. The van der Waals surface area contributed by atoms with Crippen LogP contribution in [0.2, 0.25) is 0 Å². The monoisotopic (exact) mass is 408 g/mol. The fourth-order valence-electron chi connectivity index (χ4n) is 3.59. The molecule has 0 aliphatic carbocycles. The topological polar surface area (TPSA) is 106 Å². The number of carbonyl (C=O) groups is 2. The van der Waals surface area contributed by atoms with Crippen molar-refractivity contribution < 1.29 is 14.0 Å². The van der Waals surface area contributed by atoms with Gasteiger partial charge in [0.2, 0.25) is 23.7 Å². The van der Waals surface area contributed by atoms with Gasteiger partial charge in [-0.15, -0.1) is 5.10 Å². The molecule has 9 nitrogen and oxygen atoms in total. The number of amides is 2. The molecule has 1 aliphatic rings. The lowest BCUT2D eigenvalue weighted by atomic mass is 9.93. The van der Waals surface area contributed by atoms with Crippen molar-refractivity contribution in [3.8, 4) is 11.5 Å². The molecule has 3 heterocycles. The Balaban J connectivity index is 1.23. The highest BCUT2D eigenvalue weighted by molar-refractivity contribution is 5.89. The molecule has 0 saturated carbocycles. The summed E-state index contributed by atoms with van der Waals surface area (Å²) in [6.45, 7) is 1.28. The van der Waals surface area contributed by atoms with E-state index in [0.717, 1.165) is 18.4 Å². The molecule has 30 heavy (non-hydrogen) atoms. The van der Waals surface area contributed by atoms with Crippen LogP contribution >= 0.6 is 0 Å². The molecule has 1 aromatic carbocycles. The van der Waals surface area contributed by atoms with Crippen LogP contribution in [0.4, 0.5) is 5.95 Å². The van der Waals surface area contributed by atoms with Crippen LogP contribution in [-0.2, 0) is 23.1 Å². The normalized spacial score (nSPS) is 14.6. The van der Waals surface area contributed by atoms with Gasteiger partial charge in [0.25, 0.3) is 0 Å². The minimum atomic E-state index is -0.0954. The van der Waals surface area contributed by atoms with E-state index in [4.69, 9.17) is 4.42 Å². The number of piperidine rings is 1. The summed E-state index contributed by atoms with van der Waals surface area (Å²) in [5, 5.41) is 6.76. The molecule has 0 bridgehead atoms. The maximum absolute atomic E-state index is 12.6. The molecule has 0 spiro atoms. The first-order chi connectivity index (χ1) is 14.6. The van der Waals surface area contributed by atoms with Gasteiger partial charge in [0, 0.05) is 32.1 Å². The van der Waals surface area contributed by atoms with Gasteiger partial charge in [-0.05, 0) is 30.9 Å². The maximum atomic E-state index is 12.6. The zero-order valence-corrected chi connectivity index (χ0v) is 16.8. The molecular weight excluding hydrogens is 384 g/mol. The van der Waals surface area contributed by atoms with Crippen LogP contribution in [0.15, 0.2) is 47.3 Å². The quantitative estimate of drug-likeness (QED) is 0.671. The Labute approximate surface area is 174 Å². The zero-order chi connectivity index (χ0) is 20.9. The average molecular weight is 408 g/mol. The number of nitrogens with one attached hydrogen (secondary N) is 1. The standard InChI is InChI=1S/C21H24N6O3/c1-26-14-22-21(25-26)24-18(28)11-15-7-9-27(10-8-15)19(29)12-17-13-30-20(23-17)16-5-3-2-4-6-16/h2-6,13-15H,7-12H2,1H3,(H,24,25,28). The van der Waals surface area contributed by atoms with Gasteiger partial charge in [-0.3, -0.25) is 19.6 Å². The molecule has 0 atom stereocenters. The Kier molecular flexibility index (Phi) is 5.87. The molecule has 2 amide bonds. The lowest BCUT2D eigenvalue weighted by molar-refractivity contribution is -0.132. The lowest BCUT2D eigenvalue weighted by Crippen LogP contribution is -2.40.